The van der Waals surface area contributed by atoms with Crippen molar-refractivity contribution in [2.75, 3.05) is 0 Å². The molecular formula is C6H14N2. The summed E-state index contributed by atoms with van der Waals surface area (Å²) < 4.78 is 0. The fourth-order valence-corrected chi connectivity index (χ4v) is 0.423. The lowest BCUT2D eigenvalue weighted by molar-refractivity contribution is 0.732. The van der Waals surface area contributed by atoms with E-state index in [4.69, 9.17) is 5.84 Å². The Morgan fingerprint density at radius 2 is 2.25 bits per heavy atom. The number of hydrogen-bond donors (Lipinski definition) is 1. The standard InChI is InChI=1S/C6H14N2/c1-4-5(2)6(3)8-7/h5H,4,7H2,1-3H3/b8-6-. The van der Waals surface area contributed by atoms with E-state index < -0.39 is 0 Å². The van der Waals surface area contributed by atoms with Crippen LogP contribution in [0.3, 0.4) is 0 Å². The van der Waals surface area contributed by atoms with Gasteiger partial charge in [0.1, 0.15) is 0 Å². The van der Waals surface area contributed by atoms with E-state index in [2.05, 4.69) is 18.9 Å². The van der Waals surface area contributed by atoms with Gasteiger partial charge in [0.25, 0.3) is 0 Å². The van der Waals surface area contributed by atoms with E-state index >= 15 is 0 Å². The highest BCUT2D eigenvalue weighted by molar-refractivity contribution is 5.83. The molecular weight excluding hydrogens is 100 g/mol. The van der Waals surface area contributed by atoms with Crippen LogP contribution >= 0.6 is 0 Å². The van der Waals surface area contributed by atoms with Gasteiger partial charge in [-0.2, -0.15) is 5.10 Å². The van der Waals surface area contributed by atoms with Gasteiger partial charge >= 0.3 is 0 Å². The van der Waals surface area contributed by atoms with Crippen LogP contribution in [-0.2, 0) is 0 Å². The average Bonchev–Trinajstić information content (AvgIpc) is 1.84. The summed E-state index contributed by atoms with van der Waals surface area (Å²) in [5.74, 6) is 5.58. The predicted molar refractivity (Wildman–Crippen MR) is 36.8 cm³/mol. The summed E-state index contributed by atoms with van der Waals surface area (Å²) in [6.07, 6.45) is 1.12. The largest absolute Gasteiger partial charge is 0.323 e. The molecule has 0 amide bonds. The van der Waals surface area contributed by atoms with E-state index in [-0.39, 0.29) is 0 Å². The zero-order valence-electron chi connectivity index (χ0n) is 5.81. The van der Waals surface area contributed by atoms with Crippen molar-refractivity contribution in [3.63, 3.8) is 0 Å². The van der Waals surface area contributed by atoms with Gasteiger partial charge in [-0.3, -0.25) is 0 Å². The summed E-state index contributed by atoms with van der Waals surface area (Å²) in [6.45, 7) is 6.19. The van der Waals surface area contributed by atoms with Gasteiger partial charge in [-0.1, -0.05) is 13.8 Å². The Morgan fingerprint density at radius 1 is 1.75 bits per heavy atom. The zero-order chi connectivity index (χ0) is 6.57. The summed E-state index contributed by atoms with van der Waals surface area (Å²) in [5.41, 5.74) is 1.03. The maximum Gasteiger partial charge on any atom is 0.0373 e. The van der Waals surface area contributed by atoms with Crippen LogP contribution in [-0.4, -0.2) is 5.71 Å². The van der Waals surface area contributed by atoms with Gasteiger partial charge in [0.05, 0.1) is 0 Å². The first-order valence-corrected chi connectivity index (χ1v) is 2.96. The van der Waals surface area contributed by atoms with Crippen LogP contribution in [0, 0.1) is 5.92 Å². The lowest BCUT2D eigenvalue weighted by Crippen LogP contribution is -2.07. The molecule has 0 bridgehead atoms. The molecule has 48 valence electrons. The molecule has 0 heterocycles. The third-order valence-electron chi connectivity index (χ3n) is 1.53. The maximum atomic E-state index is 5.04. The van der Waals surface area contributed by atoms with Crippen molar-refractivity contribution in [3.8, 4) is 0 Å². The molecule has 0 aromatic carbocycles. The molecule has 0 spiro atoms. The second-order valence-electron chi connectivity index (χ2n) is 2.08. The van der Waals surface area contributed by atoms with E-state index in [0.717, 1.165) is 12.1 Å². The Labute approximate surface area is 50.8 Å². The maximum absolute atomic E-state index is 5.04. The van der Waals surface area contributed by atoms with Crippen molar-refractivity contribution >= 4 is 5.71 Å². The smallest absolute Gasteiger partial charge is 0.0373 e. The van der Waals surface area contributed by atoms with E-state index in [1.165, 1.54) is 0 Å². The van der Waals surface area contributed by atoms with Crippen molar-refractivity contribution in [3.05, 3.63) is 0 Å². The quantitative estimate of drug-likeness (QED) is 0.328. The molecule has 2 nitrogen and oxygen atoms in total. The Kier molecular flexibility index (Phi) is 3.24. The number of rotatable bonds is 2. The molecule has 8 heavy (non-hydrogen) atoms. The second kappa shape index (κ2) is 3.47. The van der Waals surface area contributed by atoms with E-state index in [1.807, 2.05) is 6.92 Å². The molecule has 0 fully saturated rings. The highest BCUT2D eigenvalue weighted by Gasteiger charge is 1.99. The molecule has 0 aliphatic rings. The van der Waals surface area contributed by atoms with Gasteiger partial charge < -0.3 is 5.84 Å². The highest BCUT2D eigenvalue weighted by Crippen LogP contribution is 2.01. The van der Waals surface area contributed by atoms with Crippen LogP contribution in [0.15, 0.2) is 5.10 Å². The molecule has 0 radical (unpaired) electrons. The second-order valence-corrected chi connectivity index (χ2v) is 2.08. The lowest BCUT2D eigenvalue weighted by atomic mass is 10.1. The van der Waals surface area contributed by atoms with Gasteiger partial charge in [-0.05, 0) is 19.3 Å². The van der Waals surface area contributed by atoms with Gasteiger partial charge in [-0.15, -0.1) is 0 Å². The van der Waals surface area contributed by atoms with E-state index in [1.54, 1.807) is 0 Å². The van der Waals surface area contributed by atoms with Gasteiger partial charge in [0.15, 0.2) is 0 Å². The normalized spacial score (nSPS) is 16.1. The van der Waals surface area contributed by atoms with Crippen LogP contribution in [0.1, 0.15) is 27.2 Å². The highest BCUT2D eigenvalue weighted by atomic mass is 15.1. The fraction of sp³-hybridized carbons (Fsp3) is 0.833. The van der Waals surface area contributed by atoms with Crippen molar-refractivity contribution < 1.29 is 0 Å². The van der Waals surface area contributed by atoms with Crippen LogP contribution in [0.2, 0.25) is 0 Å². The molecule has 1 unspecified atom stereocenters. The third-order valence-corrected chi connectivity index (χ3v) is 1.53. The van der Waals surface area contributed by atoms with Crippen molar-refractivity contribution in [1.82, 2.24) is 0 Å². The Bertz CT molecular complexity index is 86.5. The van der Waals surface area contributed by atoms with Crippen molar-refractivity contribution in [2.45, 2.75) is 27.2 Å². The minimum Gasteiger partial charge on any atom is -0.323 e. The van der Waals surface area contributed by atoms with Gasteiger partial charge in [0, 0.05) is 5.71 Å². The van der Waals surface area contributed by atoms with E-state index in [0.29, 0.717) is 5.92 Å². The summed E-state index contributed by atoms with van der Waals surface area (Å²) in [4.78, 5) is 0. The molecule has 0 aromatic heterocycles. The molecule has 2 N–H and O–H groups in total. The number of hydrogen-bond acceptors (Lipinski definition) is 2. The summed E-state index contributed by atoms with van der Waals surface area (Å²) in [6, 6.07) is 0. The Balaban J connectivity index is 3.63. The first-order valence-electron chi connectivity index (χ1n) is 2.96. The van der Waals surface area contributed by atoms with Crippen LogP contribution in [0.25, 0.3) is 0 Å². The Morgan fingerprint density at radius 3 is 2.38 bits per heavy atom. The van der Waals surface area contributed by atoms with Gasteiger partial charge in [-0.25, -0.2) is 0 Å². The predicted octanol–water partition coefficient (Wildman–Crippen LogP) is 1.37. The monoisotopic (exact) mass is 114 g/mol. The number of nitrogens with two attached hydrogens (primary N) is 1. The summed E-state index contributed by atoms with van der Waals surface area (Å²) in [5, 5.41) is 3.58. The molecule has 0 aliphatic heterocycles. The topological polar surface area (TPSA) is 38.4 Å². The van der Waals surface area contributed by atoms with Crippen molar-refractivity contribution in [1.29, 1.82) is 0 Å². The Hall–Kier alpha value is -0.530. The molecule has 0 saturated carbocycles. The minimum absolute atomic E-state index is 0.542. The van der Waals surface area contributed by atoms with Crippen LogP contribution in [0.5, 0.6) is 0 Å². The first kappa shape index (κ1) is 7.47. The SMILES string of the molecule is CCC(C)/C(C)=N\N. The molecule has 1 atom stereocenters. The number of nitrogens with zero attached hydrogens (tertiary/aromatic N) is 1. The minimum atomic E-state index is 0.542. The summed E-state index contributed by atoms with van der Waals surface area (Å²) in [7, 11) is 0. The summed E-state index contributed by atoms with van der Waals surface area (Å²) >= 11 is 0. The molecule has 0 rings (SSSR count). The van der Waals surface area contributed by atoms with Gasteiger partial charge in [0.2, 0.25) is 0 Å². The van der Waals surface area contributed by atoms with Crippen LogP contribution < -0.4 is 5.84 Å². The molecule has 0 saturated heterocycles. The molecule has 0 aromatic rings. The van der Waals surface area contributed by atoms with Crippen molar-refractivity contribution in [2.24, 2.45) is 16.9 Å². The average molecular weight is 114 g/mol. The molecule has 2 heteroatoms. The van der Waals surface area contributed by atoms with Crippen LogP contribution in [0.4, 0.5) is 0 Å². The lowest BCUT2D eigenvalue weighted by Gasteiger charge is -2.03. The fourth-order valence-electron chi connectivity index (χ4n) is 0.423. The first-order chi connectivity index (χ1) is 3.72. The number of hydrazone groups is 1. The molecule has 0 aliphatic carbocycles. The zero-order valence-corrected chi connectivity index (χ0v) is 5.81. The van der Waals surface area contributed by atoms with E-state index in [9.17, 15) is 0 Å². The third kappa shape index (κ3) is 1.96.